The van der Waals surface area contributed by atoms with Gasteiger partial charge in [-0.25, -0.2) is 0 Å². The zero-order valence-corrected chi connectivity index (χ0v) is 13.1. The van der Waals surface area contributed by atoms with Crippen LogP contribution in [0.2, 0.25) is 0 Å². The molecule has 1 aromatic heterocycles. The average Bonchev–Trinajstić information content (AvgIpc) is 2.98. The molecule has 4 heteroatoms. The van der Waals surface area contributed by atoms with Crippen LogP contribution in [0.15, 0.2) is 30.5 Å². The van der Waals surface area contributed by atoms with Crippen molar-refractivity contribution >= 4 is 34.0 Å². The van der Waals surface area contributed by atoms with Crippen LogP contribution in [-0.2, 0) is 10.3 Å². The van der Waals surface area contributed by atoms with Crippen LogP contribution in [0.1, 0.15) is 13.8 Å². The van der Waals surface area contributed by atoms with E-state index in [4.69, 9.17) is 4.74 Å². The molecule has 1 atom stereocenters. The van der Waals surface area contributed by atoms with Crippen LogP contribution in [0.3, 0.4) is 0 Å². The van der Waals surface area contributed by atoms with Crippen molar-refractivity contribution in [2.24, 2.45) is 0 Å². The number of aromatic nitrogens is 1. The van der Waals surface area contributed by atoms with Gasteiger partial charge in [0, 0.05) is 0 Å². The van der Waals surface area contributed by atoms with Crippen molar-refractivity contribution in [2.75, 3.05) is 6.61 Å². The van der Waals surface area contributed by atoms with Gasteiger partial charge in [-0.05, 0) is 13.8 Å². The fourth-order valence-corrected chi connectivity index (χ4v) is 2.10. The monoisotopic (exact) mass is 303 g/mol. The predicted molar refractivity (Wildman–Crippen MR) is 65.6 cm³/mol. The topological polar surface area (TPSA) is 17.5 Å². The molecule has 0 bridgehead atoms. The van der Waals surface area contributed by atoms with E-state index in [0.717, 1.165) is 6.61 Å². The molecule has 0 radical (unpaired) electrons. The van der Waals surface area contributed by atoms with Crippen LogP contribution in [0.5, 0.6) is 0 Å². The normalized spacial score (nSPS) is 18.4. The molecule has 0 spiro atoms. The quantitative estimate of drug-likeness (QED) is 0.403. The second-order valence-corrected chi connectivity index (χ2v) is 4.64. The first-order valence-corrected chi connectivity index (χ1v) is 5.29. The third kappa shape index (κ3) is 2.55. The van der Waals surface area contributed by atoms with Crippen molar-refractivity contribution in [3.8, 4) is 0 Å². The summed E-state index contributed by atoms with van der Waals surface area (Å²) in [6.07, 6.45) is 2.38. The summed E-state index contributed by atoms with van der Waals surface area (Å²) in [6, 6.07) is 11.6. The minimum atomic E-state index is 0. The summed E-state index contributed by atoms with van der Waals surface area (Å²) in [6.45, 7) is 5.30. The zero-order chi connectivity index (χ0) is 10.5. The van der Waals surface area contributed by atoms with Gasteiger partial charge in [0.2, 0.25) is 0 Å². The molecule has 1 fully saturated rings. The van der Waals surface area contributed by atoms with Gasteiger partial charge in [0.05, 0.1) is 12.1 Å². The number of rotatable bonds is 2. The molecule has 1 aliphatic rings. The van der Waals surface area contributed by atoms with Gasteiger partial charge in [-0.3, -0.25) is 0 Å². The van der Waals surface area contributed by atoms with Crippen LogP contribution < -0.4 is 17.0 Å². The molecule has 17 heavy (non-hydrogen) atoms. The molecular weight excluding hydrogens is 290 g/mol. The summed E-state index contributed by atoms with van der Waals surface area (Å²) in [7, 11) is 0. The third-order valence-corrected chi connectivity index (χ3v) is 3.25. The number of para-hydroxylation sites is 1. The first-order chi connectivity index (χ1) is 7.19. The van der Waals surface area contributed by atoms with E-state index in [0.29, 0.717) is 6.10 Å². The zero-order valence-electron chi connectivity index (χ0n) is 10.1. The summed E-state index contributed by atoms with van der Waals surface area (Å²) in [5.74, 6) is 0. The van der Waals surface area contributed by atoms with Crippen molar-refractivity contribution in [2.45, 2.75) is 25.5 Å². The Morgan fingerprint density at radius 3 is 2.65 bits per heavy atom. The second-order valence-electron chi connectivity index (χ2n) is 4.64. The molecule has 0 saturated carbocycles. The predicted octanol–water partition coefficient (Wildman–Crippen LogP) is -0.801. The van der Waals surface area contributed by atoms with E-state index >= 15 is 0 Å². The summed E-state index contributed by atoms with van der Waals surface area (Å²) in [5.41, 5.74) is 1.26. The van der Waals surface area contributed by atoms with Crippen LogP contribution in [0, 0.1) is 6.07 Å². The molecule has 0 N–H and O–H groups in total. The number of hydrogen-bond acceptors (Lipinski definition) is 1. The minimum absolute atomic E-state index is 0. The Kier molecular flexibility index (Phi) is 4.69. The Balaban J connectivity index is 0.000000722. The maximum absolute atomic E-state index is 5.41. The van der Waals surface area contributed by atoms with E-state index in [1.807, 2.05) is 12.3 Å². The van der Waals surface area contributed by atoms with Crippen LogP contribution in [0.25, 0.3) is 10.9 Å². The number of ether oxygens (including phenoxy) is 1. The average molecular weight is 304 g/mol. The third-order valence-electron chi connectivity index (χ3n) is 3.25. The van der Waals surface area contributed by atoms with Gasteiger partial charge >= 0.3 is 23.1 Å². The Bertz CT molecular complexity index is 505. The first-order valence-electron chi connectivity index (χ1n) is 5.29. The maximum Gasteiger partial charge on any atom is 2.00 e. The molecule has 0 amide bonds. The summed E-state index contributed by atoms with van der Waals surface area (Å²) in [4.78, 5) is 0. The number of nitrogens with zero attached hydrogens (tertiary/aromatic N) is 1. The second kappa shape index (κ2) is 5.30. The first kappa shape index (κ1) is 15.0. The van der Waals surface area contributed by atoms with Crippen LogP contribution in [-0.4, -0.2) is 40.3 Å². The van der Waals surface area contributed by atoms with Gasteiger partial charge in [0.15, 0.2) is 0 Å². The number of epoxide rings is 1. The van der Waals surface area contributed by atoms with Gasteiger partial charge in [0.25, 0.3) is 0 Å². The number of benzene rings is 1. The van der Waals surface area contributed by atoms with Crippen LogP contribution in [0.4, 0.5) is 0 Å². The largest absolute Gasteiger partial charge is 2.00 e. The number of fused-ring (bicyclic) bond motifs is 1. The maximum atomic E-state index is 5.41. The van der Waals surface area contributed by atoms with Gasteiger partial charge in [-0.2, -0.15) is 17.5 Å². The van der Waals surface area contributed by atoms with Gasteiger partial charge < -0.3 is 26.3 Å². The van der Waals surface area contributed by atoms with Crippen LogP contribution >= 0.6 is 0 Å². The molecule has 0 unspecified atom stereocenters. The molecule has 86 valence electrons. The fraction of sp³-hybridized carbons (Fsp3) is 0.385. The van der Waals surface area contributed by atoms with E-state index in [1.54, 1.807) is 0 Å². The van der Waals surface area contributed by atoms with Crippen molar-refractivity contribution in [3.05, 3.63) is 36.5 Å². The molecule has 1 saturated heterocycles. The Morgan fingerprint density at radius 2 is 2.00 bits per heavy atom. The van der Waals surface area contributed by atoms with E-state index in [2.05, 4.69) is 42.7 Å². The molecule has 0 aliphatic carbocycles. The summed E-state index contributed by atoms with van der Waals surface area (Å²) < 4.78 is 7.68. The molecular formula is C13H14BrMgNO. The van der Waals surface area contributed by atoms with Crippen molar-refractivity contribution in [1.82, 2.24) is 4.57 Å². The van der Waals surface area contributed by atoms with Crippen molar-refractivity contribution < 1.29 is 21.7 Å². The van der Waals surface area contributed by atoms with E-state index in [9.17, 15) is 0 Å². The van der Waals surface area contributed by atoms with Crippen molar-refractivity contribution in [1.29, 1.82) is 0 Å². The van der Waals surface area contributed by atoms with Gasteiger partial charge in [0.1, 0.15) is 6.10 Å². The number of hydrogen-bond donors (Lipinski definition) is 0. The van der Waals surface area contributed by atoms with Gasteiger partial charge in [-0.1, -0.05) is 23.8 Å². The summed E-state index contributed by atoms with van der Waals surface area (Å²) in [5, 5.41) is 1.17. The van der Waals surface area contributed by atoms with E-state index < -0.39 is 0 Å². The summed E-state index contributed by atoms with van der Waals surface area (Å²) >= 11 is 0. The molecule has 3 rings (SSSR count). The molecule has 2 aromatic rings. The number of halogens is 1. The van der Waals surface area contributed by atoms with E-state index in [-0.39, 0.29) is 45.6 Å². The Morgan fingerprint density at radius 1 is 1.35 bits per heavy atom. The Labute approximate surface area is 128 Å². The van der Waals surface area contributed by atoms with E-state index in [1.165, 1.54) is 10.9 Å². The SMILES string of the molecule is CC(C)([C@@H]1CO1)n1c[c-]c2ccccc21.[Br-].[Mg+2]. The molecule has 1 aromatic carbocycles. The standard InChI is InChI=1S/C13H14NO.BrH.Mg/c1-13(2,12-9-15-12)14-8-7-10-5-3-4-6-11(10)14;;/h3-6,8,12H,9H2,1-2H3;1H;/q-1;;+2/p-1/t12-;;/m0../s1. The van der Waals surface area contributed by atoms with Gasteiger partial charge in [-0.15, -0.1) is 6.07 Å². The minimum Gasteiger partial charge on any atom is -1.00 e. The van der Waals surface area contributed by atoms with Crippen molar-refractivity contribution in [3.63, 3.8) is 0 Å². The molecule has 2 heterocycles. The Hall–Kier alpha value is -0.0338. The molecule has 2 nitrogen and oxygen atoms in total. The molecule has 1 aliphatic heterocycles. The smallest absolute Gasteiger partial charge is 1.00 e. The fourth-order valence-electron chi connectivity index (χ4n) is 2.10.